The maximum absolute atomic E-state index is 12.5. The monoisotopic (exact) mass is 382 g/mol. The summed E-state index contributed by atoms with van der Waals surface area (Å²) in [6.45, 7) is 0.160. The molecule has 0 spiro atoms. The normalized spacial score (nSPS) is 11.9. The van der Waals surface area contributed by atoms with Gasteiger partial charge in [-0.3, -0.25) is 20.0 Å². The standard InChI is InChI=1S/C18H14N4O6/c1-26-11-3-4-12(15(7-11)22(24)25)19-18(23)14-8-13(20-21-14)10-2-5-16-17(6-10)28-9-27-16/h2-8H,9H2,1H3,(H,19,23)(H,20,21). The number of fused-ring (bicyclic) bond motifs is 1. The van der Waals surface area contributed by atoms with Gasteiger partial charge in [0.15, 0.2) is 11.5 Å². The van der Waals surface area contributed by atoms with Gasteiger partial charge in [-0.05, 0) is 36.4 Å². The first kappa shape index (κ1) is 17.3. The van der Waals surface area contributed by atoms with E-state index in [4.69, 9.17) is 14.2 Å². The fourth-order valence-electron chi connectivity index (χ4n) is 2.73. The topological polar surface area (TPSA) is 129 Å². The van der Waals surface area contributed by atoms with Crippen LogP contribution in [0, 0.1) is 10.1 Å². The number of nitrogens with zero attached hydrogens (tertiary/aromatic N) is 2. The van der Waals surface area contributed by atoms with Crippen LogP contribution in [0.5, 0.6) is 17.2 Å². The highest BCUT2D eigenvalue weighted by Gasteiger charge is 2.20. The lowest BCUT2D eigenvalue weighted by atomic mass is 10.1. The van der Waals surface area contributed by atoms with E-state index in [2.05, 4.69) is 15.5 Å². The summed E-state index contributed by atoms with van der Waals surface area (Å²) in [6.07, 6.45) is 0. The SMILES string of the molecule is COc1ccc(NC(=O)c2cc(-c3ccc4c(c3)OCO4)n[nH]2)c([N+](=O)[O-])c1. The Balaban J connectivity index is 1.56. The number of methoxy groups -OCH3 is 1. The number of amides is 1. The summed E-state index contributed by atoms with van der Waals surface area (Å²) in [4.78, 5) is 23.1. The van der Waals surface area contributed by atoms with E-state index >= 15 is 0 Å². The van der Waals surface area contributed by atoms with Gasteiger partial charge in [0.2, 0.25) is 6.79 Å². The number of carbonyl (C=O) groups is 1. The molecule has 3 aromatic rings. The molecule has 0 bridgehead atoms. The molecule has 10 nitrogen and oxygen atoms in total. The number of nitrogens with one attached hydrogen (secondary N) is 2. The van der Waals surface area contributed by atoms with Gasteiger partial charge in [-0.25, -0.2) is 0 Å². The zero-order valence-corrected chi connectivity index (χ0v) is 14.6. The quantitative estimate of drug-likeness (QED) is 0.513. The number of H-pyrrole nitrogens is 1. The fourth-order valence-corrected chi connectivity index (χ4v) is 2.73. The summed E-state index contributed by atoms with van der Waals surface area (Å²) in [5.41, 5.74) is 1.18. The molecular formula is C18H14N4O6. The van der Waals surface area contributed by atoms with E-state index in [1.807, 2.05) is 0 Å². The van der Waals surface area contributed by atoms with Crippen molar-refractivity contribution >= 4 is 17.3 Å². The van der Waals surface area contributed by atoms with Crippen molar-refractivity contribution in [3.05, 3.63) is 58.3 Å². The maximum Gasteiger partial charge on any atom is 0.296 e. The predicted molar refractivity (Wildman–Crippen MR) is 97.7 cm³/mol. The van der Waals surface area contributed by atoms with E-state index < -0.39 is 10.8 Å². The average Bonchev–Trinajstić information content (AvgIpc) is 3.37. The summed E-state index contributed by atoms with van der Waals surface area (Å²) in [7, 11) is 1.40. The Morgan fingerprint density at radius 1 is 1.21 bits per heavy atom. The average molecular weight is 382 g/mol. The molecule has 0 unspecified atom stereocenters. The Bertz CT molecular complexity index is 1080. The van der Waals surface area contributed by atoms with Crippen LogP contribution in [0.25, 0.3) is 11.3 Å². The van der Waals surface area contributed by atoms with Crippen LogP contribution in [0.4, 0.5) is 11.4 Å². The van der Waals surface area contributed by atoms with Gasteiger partial charge in [0.25, 0.3) is 11.6 Å². The molecular weight excluding hydrogens is 368 g/mol. The van der Waals surface area contributed by atoms with Gasteiger partial charge in [-0.2, -0.15) is 5.10 Å². The van der Waals surface area contributed by atoms with Crippen LogP contribution in [0.3, 0.4) is 0 Å². The smallest absolute Gasteiger partial charge is 0.296 e. The van der Waals surface area contributed by atoms with Crippen molar-refractivity contribution < 1.29 is 23.9 Å². The molecule has 0 saturated carbocycles. The second-order valence-corrected chi connectivity index (χ2v) is 5.83. The van der Waals surface area contributed by atoms with Gasteiger partial charge in [-0.15, -0.1) is 0 Å². The Kier molecular flexibility index (Phi) is 4.28. The van der Waals surface area contributed by atoms with Crippen LogP contribution in [-0.4, -0.2) is 34.9 Å². The molecule has 142 valence electrons. The van der Waals surface area contributed by atoms with Crippen LogP contribution in [0.1, 0.15) is 10.5 Å². The van der Waals surface area contributed by atoms with E-state index in [9.17, 15) is 14.9 Å². The first-order valence-corrected chi connectivity index (χ1v) is 8.14. The zero-order valence-electron chi connectivity index (χ0n) is 14.6. The van der Waals surface area contributed by atoms with Gasteiger partial charge in [0.05, 0.1) is 23.8 Å². The Labute approximate surface area is 158 Å². The van der Waals surface area contributed by atoms with Crippen molar-refractivity contribution in [3.8, 4) is 28.5 Å². The number of aromatic amines is 1. The van der Waals surface area contributed by atoms with Crippen LogP contribution in [0.2, 0.25) is 0 Å². The number of aromatic nitrogens is 2. The highest BCUT2D eigenvalue weighted by molar-refractivity contribution is 6.04. The molecule has 0 saturated heterocycles. The number of hydrogen-bond acceptors (Lipinski definition) is 7. The molecule has 0 aliphatic carbocycles. The maximum atomic E-state index is 12.5. The summed E-state index contributed by atoms with van der Waals surface area (Å²) in [5.74, 6) is 0.994. The second kappa shape index (κ2) is 6.91. The second-order valence-electron chi connectivity index (χ2n) is 5.83. The van der Waals surface area contributed by atoms with Crippen LogP contribution >= 0.6 is 0 Å². The van der Waals surface area contributed by atoms with Crippen LogP contribution in [-0.2, 0) is 0 Å². The Morgan fingerprint density at radius 3 is 2.82 bits per heavy atom. The summed E-state index contributed by atoms with van der Waals surface area (Å²) in [6, 6.07) is 11.0. The van der Waals surface area contributed by atoms with E-state index in [1.165, 1.54) is 25.3 Å². The third-order valence-electron chi connectivity index (χ3n) is 4.14. The Hall–Kier alpha value is -4.08. The molecule has 2 aromatic carbocycles. The largest absolute Gasteiger partial charge is 0.496 e. The van der Waals surface area contributed by atoms with Crippen molar-refractivity contribution in [2.75, 3.05) is 19.2 Å². The molecule has 10 heteroatoms. The first-order chi connectivity index (χ1) is 13.5. The van der Waals surface area contributed by atoms with Crippen LogP contribution in [0.15, 0.2) is 42.5 Å². The van der Waals surface area contributed by atoms with Gasteiger partial charge < -0.3 is 19.5 Å². The van der Waals surface area contributed by atoms with E-state index in [0.717, 1.165) is 5.56 Å². The molecule has 1 aromatic heterocycles. The highest BCUT2D eigenvalue weighted by atomic mass is 16.7. The number of rotatable bonds is 5. The number of benzene rings is 2. The minimum atomic E-state index is -0.594. The number of nitro groups is 1. The van der Waals surface area contributed by atoms with Crippen molar-refractivity contribution in [3.63, 3.8) is 0 Å². The highest BCUT2D eigenvalue weighted by Crippen LogP contribution is 2.35. The molecule has 28 heavy (non-hydrogen) atoms. The Morgan fingerprint density at radius 2 is 2.04 bits per heavy atom. The number of ether oxygens (including phenoxy) is 3. The van der Waals surface area contributed by atoms with Gasteiger partial charge in [0.1, 0.15) is 17.1 Å². The fraction of sp³-hybridized carbons (Fsp3) is 0.111. The zero-order chi connectivity index (χ0) is 19.7. The number of carbonyl (C=O) groups excluding carboxylic acids is 1. The minimum Gasteiger partial charge on any atom is -0.496 e. The molecule has 0 radical (unpaired) electrons. The van der Waals surface area contributed by atoms with Crippen molar-refractivity contribution in [1.29, 1.82) is 0 Å². The van der Waals surface area contributed by atoms with E-state index in [0.29, 0.717) is 22.9 Å². The lowest BCUT2D eigenvalue weighted by Gasteiger charge is -2.06. The van der Waals surface area contributed by atoms with Crippen molar-refractivity contribution in [1.82, 2.24) is 10.2 Å². The summed E-state index contributed by atoms with van der Waals surface area (Å²) < 4.78 is 15.6. The third-order valence-corrected chi connectivity index (χ3v) is 4.14. The lowest BCUT2D eigenvalue weighted by molar-refractivity contribution is -0.384. The molecule has 1 aliphatic heterocycles. The molecule has 1 amide bonds. The number of nitro benzene ring substituents is 1. The van der Waals surface area contributed by atoms with Crippen molar-refractivity contribution in [2.24, 2.45) is 0 Å². The molecule has 2 N–H and O–H groups in total. The summed E-state index contributed by atoms with van der Waals surface area (Å²) >= 11 is 0. The van der Waals surface area contributed by atoms with Gasteiger partial charge in [-0.1, -0.05) is 0 Å². The minimum absolute atomic E-state index is 0.0510. The molecule has 2 heterocycles. The predicted octanol–water partition coefficient (Wildman–Crippen LogP) is 2.97. The number of anilines is 1. The van der Waals surface area contributed by atoms with Crippen LogP contribution < -0.4 is 19.5 Å². The van der Waals surface area contributed by atoms with E-state index in [-0.39, 0.29) is 23.9 Å². The number of hydrogen-bond donors (Lipinski definition) is 2. The molecule has 0 fully saturated rings. The lowest BCUT2D eigenvalue weighted by Crippen LogP contribution is -2.13. The van der Waals surface area contributed by atoms with Crippen molar-refractivity contribution in [2.45, 2.75) is 0 Å². The van der Waals surface area contributed by atoms with E-state index in [1.54, 1.807) is 24.3 Å². The van der Waals surface area contributed by atoms with Gasteiger partial charge >= 0.3 is 0 Å². The summed E-state index contributed by atoms with van der Waals surface area (Å²) in [5, 5.41) is 20.5. The first-order valence-electron chi connectivity index (χ1n) is 8.14. The molecule has 4 rings (SSSR count). The third kappa shape index (κ3) is 3.18. The molecule has 1 aliphatic rings. The van der Waals surface area contributed by atoms with Gasteiger partial charge in [0, 0.05) is 5.56 Å². The molecule has 0 atom stereocenters.